The molecule has 1 saturated heterocycles. The molecule has 2 aromatic heterocycles. The van der Waals surface area contributed by atoms with Crippen molar-refractivity contribution in [3.8, 4) is 10.6 Å². The summed E-state index contributed by atoms with van der Waals surface area (Å²) in [7, 11) is 0. The number of piperidine rings is 1. The zero-order valence-electron chi connectivity index (χ0n) is 12.7. The third-order valence-electron chi connectivity index (χ3n) is 3.93. The molecule has 118 valence electrons. The number of amides is 1. The van der Waals surface area contributed by atoms with Crippen LogP contribution in [0, 0.1) is 5.92 Å². The first-order valence-corrected chi connectivity index (χ1v) is 8.45. The van der Waals surface area contributed by atoms with Crippen molar-refractivity contribution in [2.45, 2.75) is 26.4 Å². The van der Waals surface area contributed by atoms with Crippen LogP contribution in [0.15, 0.2) is 28.1 Å². The van der Waals surface area contributed by atoms with Gasteiger partial charge in [0.15, 0.2) is 5.76 Å². The molecule has 1 aliphatic heterocycles. The van der Waals surface area contributed by atoms with E-state index in [0.29, 0.717) is 12.3 Å². The van der Waals surface area contributed by atoms with Gasteiger partial charge in [-0.15, -0.1) is 11.3 Å². The fourth-order valence-corrected chi connectivity index (χ4v) is 3.18. The highest BCUT2D eigenvalue weighted by atomic mass is 32.1. The first-order chi connectivity index (χ1) is 10.7. The van der Waals surface area contributed by atoms with E-state index in [-0.39, 0.29) is 12.5 Å². The summed E-state index contributed by atoms with van der Waals surface area (Å²) in [6, 6.07) is 5.81. The van der Waals surface area contributed by atoms with Crippen LogP contribution in [0.5, 0.6) is 0 Å². The second-order valence-electron chi connectivity index (χ2n) is 5.72. The zero-order chi connectivity index (χ0) is 15.4. The van der Waals surface area contributed by atoms with Crippen molar-refractivity contribution < 1.29 is 14.1 Å². The maximum Gasteiger partial charge on any atom is 0.248 e. The first kappa shape index (κ1) is 15.2. The van der Waals surface area contributed by atoms with Crippen LogP contribution in [-0.2, 0) is 16.1 Å². The molecular formula is C16H20N2O3S. The maximum absolute atomic E-state index is 12.0. The maximum atomic E-state index is 12.0. The predicted molar refractivity (Wildman–Crippen MR) is 84.5 cm³/mol. The zero-order valence-corrected chi connectivity index (χ0v) is 13.5. The lowest BCUT2D eigenvalue weighted by Crippen LogP contribution is -2.39. The van der Waals surface area contributed by atoms with Crippen LogP contribution in [0.25, 0.3) is 10.6 Å². The molecule has 0 aromatic carbocycles. The Balaban J connectivity index is 1.44. The van der Waals surface area contributed by atoms with Gasteiger partial charge in [0.05, 0.1) is 11.5 Å². The van der Waals surface area contributed by atoms with Crippen molar-refractivity contribution >= 4 is 17.2 Å². The number of hydrogen-bond acceptors (Lipinski definition) is 5. The van der Waals surface area contributed by atoms with E-state index in [2.05, 4.69) is 12.1 Å². The molecule has 1 fully saturated rings. The molecule has 6 heteroatoms. The van der Waals surface area contributed by atoms with E-state index in [0.717, 1.165) is 42.5 Å². The molecular weight excluding hydrogens is 300 g/mol. The number of likely N-dealkylation sites (tertiary alicyclic amines) is 1. The minimum atomic E-state index is 0.0638. The van der Waals surface area contributed by atoms with Crippen LogP contribution in [0.2, 0.25) is 0 Å². The van der Waals surface area contributed by atoms with Crippen molar-refractivity contribution in [2.75, 3.05) is 19.7 Å². The third-order valence-corrected chi connectivity index (χ3v) is 4.82. The Labute approximate surface area is 133 Å². The third kappa shape index (κ3) is 3.75. The molecule has 5 nitrogen and oxygen atoms in total. The van der Waals surface area contributed by atoms with E-state index in [4.69, 9.17) is 9.26 Å². The average molecular weight is 320 g/mol. The van der Waals surface area contributed by atoms with Crippen LogP contribution in [-0.4, -0.2) is 35.7 Å². The topological polar surface area (TPSA) is 55.6 Å². The van der Waals surface area contributed by atoms with Gasteiger partial charge in [-0.2, -0.15) is 0 Å². The highest BCUT2D eigenvalue weighted by Gasteiger charge is 2.20. The molecule has 0 radical (unpaired) electrons. The molecule has 2 aromatic rings. The summed E-state index contributed by atoms with van der Waals surface area (Å²) in [5.41, 5.74) is 0.712. The van der Waals surface area contributed by atoms with Gasteiger partial charge in [0.2, 0.25) is 5.91 Å². The average Bonchev–Trinajstić information content (AvgIpc) is 3.19. The van der Waals surface area contributed by atoms with Gasteiger partial charge in [-0.1, -0.05) is 18.1 Å². The molecule has 0 spiro atoms. The highest BCUT2D eigenvalue weighted by Crippen LogP contribution is 2.25. The Morgan fingerprint density at radius 1 is 1.50 bits per heavy atom. The summed E-state index contributed by atoms with van der Waals surface area (Å²) >= 11 is 1.60. The quantitative estimate of drug-likeness (QED) is 0.849. The van der Waals surface area contributed by atoms with E-state index in [1.54, 1.807) is 11.3 Å². The predicted octanol–water partition coefficient (Wildman–Crippen LogP) is 3.18. The number of rotatable bonds is 5. The van der Waals surface area contributed by atoms with Gasteiger partial charge in [-0.05, 0) is 30.2 Å². The minimum Gasteiger partial charge on any atom is -0.365 e. The summed E-state index contributed by atoms with van der Waals surface area (Å²) < 4.78 is 10.8. The lowest BCUT2D eigenvalue weighted by molar-refractivity contribution is -0.137. The van der Waals surface area contributed by atoms with Crippen LogP contribution >= 0.6 is 11.3 Å². The second-order valence-corrected chi connectivity index (χ2v) is 6.66. The summed E-state index contributed by atoms with van der Waals surface area (Å²) in [5.74, 6) is 1.52. The van der Waals surface area contributed by atoms with E-state index < -0.39 is 0 Å². The molecule has 0 N–H and O–H groups in total. The van der Waals surface area contributed by atoms with Crippen molar-refractivity contribution in [3.63, 3.8) is 0 Å². The van der Waals surface area contributed by atoms with Gasteiger partial charge in [0.1, 0.15) is 12.3 Å². The lowest BCUT2D eigenvalue weighted by atomic mass is 9.99. The lowest BCUT2D eigenvalue weighted by Gasteiger charge is -2.30. The van der Waals surface area contributed by atoms with Crippen molar-refractivity contribution in [1.29, 1.82) is 0 Å². The Morgan fingerprint density at radius 2 is 2.32 bits per heavy atom. The molecule has 3 heterocycles. The minimum absolute atomic E-state index is 0.0638. The Bertz CT molecular complexity index is 601. The van der Waals surface area contributed by atoms with E-state index in [1.165, 1.54) is 0 Å². The first-order valence-electron chi connectivity index (χ1n) is 7.57. The molecule has 1 amide bonds. The summed E-state index contributed by atoms with van der Waals surface area (Å²) in [6.45, 7) is 4.32. The molecule has 22 heavy (non-hydrogen) atoms. The Hall–Kier alpha value is -1.66. The van der Waals surface area contributed by atoms with Gasteiger partial charge in [-0.3, -0.25) is 4.79 Å². The standard InChI is InChI=1S/C16H20N2O3S/c1-12-4-6-18(7-5-12)16(19)11-20-10-13-9-14(21-17-13)15-3-2-8-22-15/h2-3,8-9,12H,4-7,10-11H2,1H3. The summed E-state index contributed by atoms with van der Waals surface area (Å²) in [5, 5.41) is 5.97. The smallest absolute Gasteiger partial charge is 0.248 e. The number of aromatic nitrogens is 1. The van der Waals surface area contributed by atoms with Gasteiger partial charge >= 0.3 is 0 Å². The number of hydrogen-bond donors (Lipinski definition) is 0. The normalized spacial score (nSPS) is 16.1. The van der Waals surface area contributed by atoms with E-state index in [9.17, 15) is 4.79 Å². The number of carbonyl (C=O) groups excluding carboxylic acids is 1. The molecule has 0 saturated carbocycles. The van der Waals surface area contributed by atoms with Gasteiger partial charge < -0.3 is 14.2 Å². The van der Waals surface area contributed by atoms with E-state index in [1.807, 2.05) is 28.5 Å². The van der Waals surface area contributed by atoms with Crippen molar-refractivity contribution in [1.82, 2.24) is 10.1 Å². The van der Waals surface area contributed by atoms with Crippen LogP contribution in [0.4, 0.5) is 0 Å². The van der Waals surface area contributed by atoms with Crippen LogP contribution in [0.1, 0.15) is 25.5 Å². The number of nitrogens with zero attached hydrogens (tertiary/aromatic N) is 2. The number of ether oxygens (including phenoxy) is 1. The summed E-state index contributed by atoms with van der Waals surface area (Å²) in [4.78, 5) is 15.0. The van der Waals surface area contributed by atoms with Gasteiger partial charge in [-0.25, -0.2) is 0 Å². The van der Waals surface area contributed by atoms with Crippen molar-refractivity contribution in [3.05, 3.63) is 29.3 Å². The van der Waals surface area contributed by atoms with Crippen LogP contribution < -0.4 is 0 Å². The molecule has 3 rings (SSSR count). The fraction of sp³-hybridized carbons (Fsp3) is 0.500. The van der Waals surface area contributed by atoms with Gasteiger partial charge in [0.25, 0.3) is 0 Å². The molecule has 1 aliphatic rings. The van der Waals surface area contributed by atoms with E-state index >= 15 is 0 Å². The number of thiophene rings is 1. The monoisotopic (exact) mass is 320 g/mol. The fourth-order valence-electron chi connectivity index (χ4n) is 2.51. The Kier molecular flexibility index (Phi) is 4.90. The Morgan fingerprint density at radius 3 is 3.05 bits per heavy atom. The molecule has 0 aliphatic carbocycles. The largest absolute Gasteiger partial charge is 0.365 e. The number of carbonyl (C=O) groups is 1. The van der Waals surface area contributed by atoms with Crippen molar-refractivity contribution in [2.24, 2.45) is 5.92 Å². The summed E-state index contributed by atoms with van der Waals surface area (Å²) in [6.07, 6.45) is 2.17. The highest BCUT2D eigenvalue weighted by molar-refractivity contribution is 7.13. The molecule has 0 atom stereocenters. The van der Waals surface area contributed by atoms with Gasteiger partial charge in [0, 0.05) is 19.2 Å². The molecule has 0 unspecified atom stereocenters. The molecule has 0 bridgehead atoms. The second kappa shape index (κ2) is 7.07. The van der Waals surface area contributed by atoms with Crippen LogP contribution in [0.3, 0.4) is 0 Å². The SMILES string of the molecule is CC1CCN(C(=O)COCc2cc(-c3cccs3)on2)CC1.